The molecule has 0 radical (unpaired) electrons. The molecule has 0 fully saturated rings. The summed E-state index contributed by atoms with van der Waals surface area (Å²) in [6.45, 7) is 0. The summed E-state index contributed by atoms with van der Waals surface area (Å²) < 4.78 is 20.4. The van der Waals surface area contributed by atoms with Crippen molar-refractivity contribution in [2.24, 2.45) is 0 Å². The second-order valence-corrected chi connectivity index (χ2v) is 7.37. The van der Waals surface area contributed by atoms with Crippen molar-refractivity contribution in [3.63, 3.8) is 0 Å². The standard InChI is InChI=1S/C22H18FN5O2S/c1-30-19-9-7-18(8-10-19)28-21(15-4-3-11-24-13-15)26-27-22(28)31-14-20(29)25-17-6-2-5-16(23)12-17/h2-13H,14H2,1H3,(H,25,29). The molecular weight excluding hydrogens is 417 g/mol. The minimum Gasteiger partial charge on any atom is -0.497 e. The zero-order valence-corrected chi connectivity index (χ0v) is 17.3. The van der Waals surface area contributed by atoms with E-state index < -0.39 is 5.82 Å². The van der Waals surface area contributed by atoms with E-state index in [1.165, 1.54) is 23.9 Å². The van der Waals surface area contributed by atoms with E-state index in [4.69, 9.17) is 4.74 Å². The van der Waals surface area contributed by atoms with Gasteiger partial charge >= 0.3 is 0 Å². The zero-order chi connectivity index (χ0) is 21.6. The van der Waals surface area contributed by atoms with Gasteiger partial charge < -0.3 is 10.1 Å². The molecule has 31 heavy (non-hydrogen) atoms. The van der Waals surface area contributed by atoms with Gasteiger partial charge in [-0.05, 0) is 54.6 Å². The Morgan fingerprint density at radius 1 is 1.13 bits per heavy atom. The van der Waals surface area contributed by atoms with E-state index in [2.05, 4.69) is 20.5 Å². The van der Waals surface area contributed by atoms with Crippen molar-refractivity contribution >= 4 is 23.4 Å². The number of amides is 1. The Hall–Kier alpha value is -3.72. The molecule has 0 saturated carbocycles. The number of rotatable bonds is 7. The monoisotopic (exact) mass is 435 g/mol. The van der Waals surface area contributed by atoms with Crippen LogP contribution in [0, 0.1) is 5.82 Å². The summed E-state index contributed by atoms with van der Waals surface area (Å²) in [4.78, 5) is 16.5. The van der Waals surface area contributed by atoms with Crippen molar-refractivity contribution in [2.45, 2.75) is 5.16 Å². The molecule has 0 bridgehead atoms. The van der Waals surface area contributed by atoms with Crippen LogP contribution in [0.2, 0.25) is 0 Å². The lowest BCUT2D eigenvalue weighted by Gasteiger charge is -2.11. The lowest BCUT2D eigenvalue weighted by molar-refractivity contribution is -0.113. The number of anilines is 1. The van der Waals surface area contributed by atoms with Gasteiger partial charge in [0.25, 0.3) is 0 Å². The maximum atomic E-state index is 13.3. The summed E-state index contributed by atoms with van der Waals surface area (Å²) in [6.07, 6.45) is 3.39. The van der Waals surface area contributed by atoms with Gasteiger partial charge in [0.05, 0.1) is 12.9 Å². The number of pyridine rings is 1. The summed E-state index contributed by atoms with van der Waals surface area (Å²) in [6, 6.07) is 16.9. The molecule has 0 atom stereocenters. The van der Waals surface area contributed by atoms with Crippen molar-refractivity contribution in [1.29, 1.82) is 0 Å². The Balaban J connectivity index is 1.59. The largest absolute Gasteiger partial charge is 0.497 e. The first kappa shape index (κ1) is 20.5. The second-order valence-electron chi connectivity index (χ2n) is 6.43. The molecule has 156 valence electrons. The van der Waals surface area contributed by atoms with Gasteiger partial charge in [-0.3, -0.25) is 14.3 Å². The third-order valence-electron chi connectivity index (χ3n) is 4.32. The number of methoxy groups -OCH3 is 1. The van der Waals surface area contributed by atoms with Gasteiger partial charge in [-0.25, -0.2) is 4.39 Å². The van der Waals surface area contributed by atoms with E-state index in [9.17, 15) is 9.18 Å². The molecule has 2 aromatic carbocycles. The van der Waals surface area contributed by atoms with E-state index in [0.717, 1.165) is 17.0 Å². The first-order valence-electron chi connectivity index (χ1n) is 9.32. The summed E-state index contributed by atoms with van der Waals surface area (Å²) in [5.74, 6) is 0.723. The normalized spacial score (nSPS) is 10.6. The van der Waals surface area contributed by atoms with Crippen molar-refractivity contribution in [1.82, 2.24) is 19.7 Å². The van der Waals surface area contributed by atoms with Gasteiger partial charge in [0, 0.05) is 29.3 Å². The highest BCUT2D eigenvalue weighted by atomic mass is 32.2. The average Bonchev–Trinajstić information content (AvgIpc) is 3.22. The first-order valence-corrected chi connectivity index (χ1v) is 10.3. The van der Waals surface area contributed by atoms with Gasteiger partial charge in [0.1, 0.15) is 11.6 Å². The number of thioether (sulfide) groups is 1. The Labute approximate surface area is 182 Å². The third kappa shape index (κ3) is 4.89. The van der Waals surface area contributed by atoms with E-state index in [1.54, 1.807) is 31.6 Å². The van der Waals surface area contributed by atoms with Crippen LogP contribution in [0.15, 0.2) is 78.2 Å². The molecule has 1 amide bonds. The molecule has 9 heteroatoms. The van der Waals surface area contributed by atoms with Gasteiger partial charge in [-0.1, -0.05) is 17.8 Å². The van der Waals surface area contributed by atoms with E-state index in [-0.39, 0.29) is 11.7 Å². The predicted molar refractivity (Wildman–Crippen MR) is 117 cm³/mol. The summed E-state index contributed by atoms with van der Waals surface area (Å²) in [5, 5.41) is 11.8. The number of nitrogens with zero attached hydrogens (tertiary/aromatic N) is 4. The van der Waals surface area contributed by atoms with Crippen LogP contribution >= 0.6 is 11.8 Å². The summed E-state index contributed by atoms with van der Waals surface area (Å²) >= 11 is 1.23. The van der Waals surface area contributed by atoms with Crippen molar-refractivity contribution in [2.75, 3.05) is 18.2 Å². The fraction of sp³-hybridized carbons (Fsp3) is 0.0909. The minimum atomic E-state index is -0.411. The maximum Gasteiger partial charge on any atom is 0.234 e. The first-order chi connectivity index (χ1) is 15.1. The Kier molecular flexibility index (Phi) is 6.23. The average molecular weight is 435 g/mol. The summed E-state index contributed by atoms with van der Waals surface area (Å²) in [5.41, 5.74) is 2.01. The Bertz CT molecular complexity index is 1180. The minimum absolute atomic E-state index is 0.0812. The smallest absolute Gasteiger partial charge is 0.234 e. The van der Waals surface area contributed by atoms with Crippen LogP contribution in [-0.4, -0.2) is 38.5 Å². The van der Waals surface area contributed by atoms with Gasteiger partial charge in [-0.2, -0.15) is 0 Å². The lowest BCUT2D eigenvalue weighted by atomic mass is 10.2. The quantitative estimate of drug-likeness (QED) is 0.438. The number of aromatic nitrogens is 4. The van der Waals surface area contributed by atoms with E-state index in [1.807, 2.05) is 41.0 Å². The van der Waals surface area contributed by atoms with Crippen LogP contribution in [0.5, 0.6) is 5.75 Å². The molecule has 0 aliphatic rings. The maximum absolute atomic E-state index is 13.3. The van der Waals surface area contributed by atoms with Crippen molar-refractivity contribution < 1.29 is 13.9 Å². The van der Waals surface area contributed by atoms with Crippen LogP contribution in [0.3, 0.4) is 0 Å². The molecule has 0 saturated heterocycles. The number of nitrogens with one attached hydrogen (secondary N) is 1. The molecule has 2 heterocycles. The number of hydrogen-bond acceptors (Lipinski definition) is 6. The highest BCUT2D eigenvalue weighted by Gasteiger charge is 2.17. The van der Waals surface area contributed by atoms with E-state index >= 15 is 0 Å². The predicted octanol–water partition coefficient (Wildman–Crippen LogP) is 4.21. The van der Waals surface area contributed by atoms with Crippen molar-refractivity contribution in [3.8, 4) is 22.8 Å². The molecule has 0 spiro atoms. The van der Waals surface area contributed by atoms with Crippen LogP contribution in [0.1, 0.15) is 0 Å². The van der Waals surface area contributed by atoms with Crippen LogP contribution in [0.25, 0.3) is 17.1 Å². The fourth-order valence-electron chi connectivity index (χ4n) is 2.90. The molecule has 1 N–H and O–H groups in total. The topological polar surface area (TPSA) is 81.9 Å². The molecule has 4 aromatic rings. The Morgan fingerprint density at radius 2 is 1.97 bits per heavy atom. The summed E-state index contributed by atoms with van der Waals surface area (Å²) in [7, 11) is 1.60. The van der Waals surface area contributed by atoms with Crippen molar-refractivity contribution in [3.05, 3.63) is 78.9 Å². The van der Waals surface area contributed by atoms with Crippen LogP contribution in [0.4, 0.5) is 10.1 Å². The van der Waals surface area contributed by atoms with Gasteiger partial charge in [0.2, 0.25) is 5.91 Å². The zero-order valence-electron chi connectivity index (χ0n) is 16.5. The Morgan fingerprint density at radius 3 is 2.68 bits per heavy atom. The molecular formula is C22H18FN5O2S. The molecule has 0 aliphatic carbocycles. The SMILES string of the molecule is COc1ccc(-n2c(SCC(=O)Nc3cccc(F)c3)nnc2-c2cccnc2)cc1. The van der Waals surface area contributed by atoms with Crippen LogP contribution < -0.4 is 10.1 Å². The molecule has 7 nitrogen and oxygen atoms in total. The van der Waals surface area contributed by atoms with E-state index in [0.29, 0.717) is 16.7 Å². The number of benzene rings is 2. The molecule has 4 rings (SSSR count). The fourth-order valence-corrected chi connectivity index (χ4v) is 3.65. The third-order valence-corrected chi connectivity index (χ3v) is 5.25. The molecule has 0 unspecified atom stereocenters. The molecule has 2 aromatic heterocycles. The number of halogens is 1. The molecule has 0 aliphatic heterocycles. The lowest BCUT2D eigenvalue weighted by Crippen LogP contribution is -2.14. The van der Waals surface area contributed by atoms with Gasteiger partial charge in [0.15, 0.2) is 11.0 Å². The van der Waals surface area contributed by atoms with Crippen LogP contribution in [-0.2, 0) is 4.79 Å². The number of hydrogen-bond donors (Lipinski definition) is 1. The van der Waals surface area contributed by atoms with Gasteiger partial charge in [-0.15, -0.1) is 10.2 Å². The second kappa shape index (κ2) is 9.40. The number of ether oxygens (including phenoxy) is 1. The highest BCUT2D eigenvalue weighted by molar-refractivity contribution is 7.99. The highest BCUT2D eigenvalue weighted by Crippen LogP contribution is 2.28. The number of carbonyl (C=O) groups excluding carboxylic acids is 1. The number of carbonyl (C=O) groups is 1.